The molecule has 4 aliphatic carbocycles. The summed E-state index contributed by atoms with van der Waals surface area (Å²) in [6, 6.07) is 0. The van der Waals surface area contributed by atoms with Crippen molar-refractivity contribution in [2.75, 3.05) is 0 Å². The summed E-state index contributed by atoms with van der Waals surface area (Å²) < 4.78 is 6.17. The van der Waals surface area contributed by atoms with E-state index < -0.39 is 28.7 Å². The fraction of sp³-hybridized carbons (Fsp3) is 0.900. The SMILES string of the molecule is C[C@@]12CC[C@@H]3[C@]4(CC[C@@]5(O)C[C@@H](O)CC[C@@]35C(=O)O4)[C@H]1CC[C@H]2C(=O)O. The number of carboxylic acids is 1. The van der Waals surface area contributed by atoms with Crippen molar-refractivity contribution in [3.63, 3.8) is 0 Å². The van der Waals surface area contributed by atoms with Crippen molar-refractivity contribution < 1.29 is 29.6 Å². The molecule has 4 saturated carbocycles. The smallest absolute Gasteiger partial charge is 0.316 e. The normalized spacial score (nSPS) is 57.7. The van der Waals surface area contributed by atoms with Gasteiger partial charge >= 0.3 is 11.9 Å². The van der Waals surface area contributed by atoms with Gasteiger partial charge in [-0.2, -0.15) is 0 Å². The number of hydrogen-bond donors (Lipinski definition) is 3. The fourth-order valence-electron chi connectivity index (χ4n) is 8.16. The minimum Gasteiger partial charge on any atom is -0.481 e. The van der Waals surface area contributed by atoms with Crippen molar-refractivity contribution in [2.45, 2.75) is 82.0 Å². The summed E-state index contributed by atoms with van der Waals surface area (Å²) in [5, 5.41) is 31.3. The van der Waals surface area contributed by atoms with Gasteiger partial charge in [-0.25, -0.2) is 0 Å². The van der Waals surface area contributed by atoms with Crippen LogP contribution in [0.2, 0.25) is 0 Å². The third-order valence-electron chi connectivity index (χ3n) is 9.23. The second-order valence-electron chi connectivity index (χ2n) is 9.86. The van der Waals surface area contributed by atoms with Crippen LogP contribution in [0.4, 0.5) is 0 Å². The summed E-state index contributed by atoms with van der Waals surface area (Å²) in [5.74, 6) is -1.42. The molecule has 1 saturated heterocycles. The number of carbonyl (C=O) groups excluding carboxylic acids is 1. The van der Waals surface area contributed by atoms with Crippen LogP contribution in [0.3, 0.4) is 0 Å². The molecule has 0 aromatic carbocycles. The molecule has 8 atom stereocenters. The molecular formula is C20H28O6. The van der Waals surface area contributed by atoms with Crippen LogP contribution in [0.5, 0.6) is 0 Å². The Morgan fingerprint density at radius 3 is 2.58 bits per heavy atom. The van der Waals surface area contributed by atoms with Gasteiger partial charge in [-0.05, 0) is 56.8 Å². The first kappa shape index (κ1) is 17.0. The highest BCUT2D eigenvalue weighted by Gasteiger charge is 2.80. The molecule has 3 N–H and O–H groups in total. The average molecular weight is 364 g/mol. The molecule has 5 fully saturated rings. The quantitative estimate of drug-likeness (QED) is 0.614. The third-order valence-corrected chi connectivity index (χ3v) is 9.23. The molecule has 0 amide bonds. The minimum atomic E-state index is -1.19. The van der Waals surface area contributed by atoms with Crippen LogP contribution in [-0.2, 0) is 14.3 Å². The van der Waals surface area contributed by atoms with Crippen molar-refractivity contribution >= 4 is 11.9 Å². The lowest BCUT2D eigenvalue weighted by Gasteiger charge is -2.61. The lowest BCUT2D eigenvalue weighted by Crippen LogP contribution is -2.67. The molecule has 0 aromatic heterocycles. The third kappa shape index (κ3) is 1.63. The second-order valence-corrected chi connectivity index (χ2v) is 9.86. The van der Waals surface area contributed by atoms with Gasteiger partial charge in [-0.3, -0.25) is 9.59 Å². The molecule has 1 aliphatic heterocycles. The van der Waals surface area contributed by atoms with Gasteiger partial charge in [0.15, 0.2) is 0 Å². The number of esters is 1. The van der Waals surface area contributed by atoms with Crippen LogP contribution in [0.15, 0.2) is 0 Å². The molecule has 1 heterocycles. The zero-order valence-electron chi connectivity index (χ0n) is 15.2. The number of fused-ring (bicyclic) bond motifs is 1. The van der Waals surface area contributed by atoms with Gasteiger partial charge in [0, 0.05) is 18.3 Å². The van der Waals surface area contributed by atoms with Crippen LogP contribution in [0.1, 0.15) is 64.7 Å². The number of carboxylic acid groups (broad SMARTS) is 1. The van der Waals surface area contributed by atoms with E-state index in [2.05, 4.69) is 6.92 Å². The maximum atomic E-state index is 13.2. The van der Waals surface area contributed by atoms with E-state index in [1.165, 1.54) is 0 Å². The van der Waals surface area contributed by atoms with Crippen LogP contribution >= 0.6 is 0 Å². The van der Waals surface area contributed by atoms with E-state index in [1.807, 2.05) is 0 Å². The topological polar surface area (TPSA) is 104 Å². The van der Waals surface area contributed by atoms with E-state index in [1.54, 1.807) is 0 Å². The lowest BCUT2D eigenvalue weighted by atomic mass is 9.42. The first-order valence-electron chi connectivity index (χ1n) is 10.1. The largest absolute Gasteiger partial charge is 0.481 e. The van der Waals surface area contributed by atoms with Gasteiger partial charge in [-0.15, -0.1) is 0 Å². The van der Waals surface area contributed by atoms with E-state index in [4.69, 9.17) is 4.74 Å². The maximum Gasteiger partial charge on any atom is 0.316 e. The van der Waals surface area contributed by atoms with Crippen molar-refractivity contribution in [2.24, 2.45) is 28.6 Å². The standard InChI is InChI=1S/C20H28O6/c1-17-6-5-14-19-7-4-11(21)10-18(19,25)8-9-20(14,26-16(19)24)13(17)3-2-12(17)15(22)23/h11-14,21,25H,2-10H2,1H3,(H,22,23)/t11-,12-,13-,14-,17-,18+,19-,20-/m0/s1. The summed E-state index contributed by atoms with van der Waals surface area (Å²) >= 11 is 0. The Balaban J connectivity index is 1.61. The van der Waals surface area contributed by atoms with Gasteiger partial charge in [0.05, 0.1) is 17.6 Å². The Hall–Kier alpha value is -1.14. The first-order chi connectivity index (χ1) is 12.2. The molecule has 0 aromatic rings. The lowest BCUT2D eigenvalue weighted by molar-refractivity contribution is -0.216. The number of aliphatic carboxylic acids is 1. The van der Waals surface area contributed by atoms with Crippen LogP contribution in [-0.4, -0.2) is 44.6 Å². The number of aliphatic hydroxyl groups excluding tert-OH is 1. The summed E-state index contributed by atoms with van der Waals surface area (Å²) in [6.45, 7) is 2.07. The van der Waals surface area contributed by atoms with Gasteiger partial charge in [0.1, 0.15) is 11.0 Å². The Bertz CT molecular complexity index is 692. The summed E-state index contributed by atoms with van der Waals surface area (Å²) in [4.78, 5) is 25.0. The Labute approximate surface area is 152 Å². The summed E-state index contributed by atoms with van der Waals surface area (Å²) in [7, 11) is 0. The molecule has 2 bridgehead atoms. The van der Waals surface area contributed by atoms with E-state index in [9.17, 15) is 24.9 Å². The summed E-state index contributed by atoms with van der Waals surface area (Å²) in [6.07, 6.45) is 4.60. The van der Waals surface area contributed by atoms with Gasteiger partial charge < -0.3 is 20.1 Å². The number of carbonyl (C=O) groups is 2. The molecule has 6 nitrogen and oxygen atoms in total. The van der Waals surface area contributed by atoms with Crippen LogP contribution < -0.4 is 0 Å². The predicted molar refractivity (Wildman–Crippen MR) is 90.0 cm³/mol. The molecule has 1 spiro atoms. The highest BCUT2D eigenvalue weighted by atomic mass is 16.6. The van der Waals surface area contributed by atoms with Gasteiger partial charge in [0.25, 0.3) is 0 Å². The maximum absolute atomic E-state index is 13.2. The second kappa shape index (κ2) is 4.82. The highest BCUT2D eigenvalue weighted by molar-refractivity contribution is 5.83. The van der Waals surface area contributed by atoms with Crippen molar-refractivity contribution in [1.82, 2.24) is 0 Å². The molecule has 0 unspecified atom stereocenters. The first-order valence-corrected chi connectivity index (χ1v) is 10.1. The number of ether oxygens (including phenoxy) is 1. The zero-order valence-corrected chi connectivity index (χ0v) is 15.2. The Morgan fingerprint density at radius 1 is 1.08 bits per heavy atom. The average Bonchev–Trinajstić information content (AvgIpc) is 3.01. The summed E-state index contributed by atoms with van der Waals surface area (Å²) in [5.41, 5.74) is -3.07. The van der Waals surface area contributed by atoms with E-state index in [0.29, 0.717) is 32.1 Å². The van der Waals surface area contributed by atoms with E-state index in [0.717, 1.165) is 19.3 Å². The number of aliphatic hydroxyl groups is 2. The Morgan fingerprint density at radius 2 is 1.85 bits per heavy atom. The van der Waals surface area contributed by atoms with Gasteiger partial charge in [-0.1, -0.05) is 6.92 Å². The molecular weight excluding hydrogens is 336 g/mol. The highest BCUT2D eigenvalue weighted by Crippen LogP contribution is 2.74. The van der Waals surface area contributed by atoms with Crippen molar-refractivity contribution in [1.29, 1.82) is 0 Å². The molecule has 5 aliphatic rings. The molecule has 6 heteroatoms. The Kier molecular flexibility index (Phi) is 3.15. The van der Waals surface area contributed by atoms with E-state index >= 15 is 0 Å². The fourth-order valence-corrected chi connectivity index (χ4v) is 8.16. The van der Waals surface area contributed by atoms with Crippen LogP contribution in [0.25, 0.3) is 0 Å². The molecule has 144 valence electrons. The minimum absolute atomic E-state index is 0.0505. The molecule has 26 heavy (non-hydrogen) atoms. The number of hydrogen-bond acceptors (Lipinski definition) is 5. The van der Waals surface area contributed by atoms with E-state index in [-0.39, 0.29) is 35.6 Å². The monoisotopic (exact) mass is 364 g/mol. The van der Waals surface area contributed by atoms with Crippen LogP contribution in [0, 0.1) is 28.6 Å². The zero-order chi connectivity index (χ0) is 18.5. The van der Waals surface area contributed by atoms with Gasteiger partial charge in [0.2, 0.25) is 0 Å². The van der Waals surface area contributed by atoms with Crippen molar-refractivity contribution in [3.05, 3.63) is 0 Å². The predicted octanol–water partition coefficient (Wildman–Crippen LogP) is 1.87. The van der Waals surface area contributed by atoms with Crippen molar-refractivity contribution in [3.8, 4) is 0 Å². The molecule has 0 radical (unpaired) electrons. The molecule has 5 rings (SSSR count). The number of rotatable bonds is 1.